The Balaban J connectivity index is 1.40. The first-order valence-corrected chi connectivity index (χ1v) is 30.2. The lowest BCUT2D eigenvalue weighted by Gasteiger charge is -2.28. The molecule has 4 nitrogen and oxygen atoms in total. The second-order valence-electron chi connectivity index (χ2n) is 26.1. The van der Waals surface area contributed by atoms with Gasteiger partial charge in [-0.3, -0.25) is 4.57 Å². The number of benzene rings is 8. The third-order valence-electron chi connectivity index (χ3n) is 23.2. The summed E-state index contributed by atoms with van der Waals surface area (Å²) in [6.45, 7) is 0. The van der Waals surface area contributed by atoms with Crippen LogP contribution < -0.4 is 164 Å². The van der Waals surface area contributed by atoms with Gasteiger partial charge in [-0.1, -0.05) is 120 Å². The van der Waals surface area contributed by atoms with Gasteiger partial charge in [-0.15, -0.1) is 43.7 Å². The van der Waals surface area contributed by atoms with Crippen molar-refractivity contribution in [3.8, 4) is 34.0 Å². The smallest absolute Gasteiger partial charge is 0.235 e. The number of hydrogen-bond acceptors (Lipinski definition) is 2. The van der Waals surface area contributed by atoms with Gasteiger partial charge in [-0.25, -0.2) is 9.97 Å². The van der Waals surface area contributed by atoms with Crippen molar-refractivity contribution < 1.29 is 0 Å². The van der Waals surface area contributed by atoms with Gasteiger partial charge < -0.3 is 4.57 Å². The molecule has 0 fully saturated rings. The summed E-state index contributed by atoms with van der Waals surface area (Å²) in [5.74, 6) is 0.725. The van der Waals surface area contributed by atoms with Gasteiger partial charge >= 0.3 is 0 Å². The number of hydrogen-bond donors (Lipinski definition) is 0. The molecule has 3 aromatic heterocycles. The Bertz CT molecular complexity index is 4820. The van der Waals surface area contributed by atoms with Crippen molar-refractivity contribution in [3.05, 3.63) is 0 Å². The van der Waals surface area contributed by atoms with E-state index in [1.54, 1.807) is 0 Å². The van der Waals surface area contributed by atoms with Gasteiger partial charge in [0.25, 0.3) is 0 Å². The van der Waals surface area contributed by atoms with Crippen LogP contribution in [0.25, 0.3) is 99.3 Å². The molecule has 0 atom stereocenters. The largest absolute Gasteiger partial charge is 0.312 e. The average Bonchev–Trinajstić information content (AvgIpc) is 1.99. The van der Waals surface area contributed by atoms with E-state index >= 15 is 0 Å². The van der Waals surface area contributed by atoms with E-state index < -0.39 is 0 Å². The fourth-order valence-corrected chi connectivity index (χ4v) is 16.1. The van der Waals surface area contributed by atoms with Gasteiger partial charge in [0.1, 0.15) is 235 Å². The Kier molecular flexibility index (Phi) is 14.1. The molecule has 11 rings (SSSR count). The van der Waals surface area contributed by atoms with Gasteiger partial charge in [0.2, 0.25) is 5.95 Å². The summed E-state index contributed by atoms with van der Waals surface area (Å²) in [5, 5.41) is 9.24. The van der Waals surface area contributed by atoms with Crippen LogP contribution in [0.3, 0.4) is 0 Å². The SMILES string of the molecule is Bc1c(B)c(B)c(-c2c(B)c(B)c3nc(-n4c5c(B)c(B)c(B)c(B)c5c5c(B)c(-n6c7c(B)c(B)c(B)c(B)c7c7c(B)c(B)c(B)c(B)c76)c(B)c(B)c54)nc(-c4c(B)c(B)c5c(B)c(B)c(B)c(B)c5c4B)c3c2B)c(B)c1B. The topological polar surface area (TPSA) is 35.6 Å². The third-order valence-corrected chi connectivity index (χ3v) is 23.2. The summed E-state index contributed by atoms with van der Waals surface area (Å²) >= 11 is 0. The van der Waals surface area contributed by atoms with Gasteiger partial charge in [0, 0.05) is 38.5 Å². The minimum Gasteiger partial charge on any atom is -0.312 e. The standard InChI is InChI=1S/C48H60B30N4/c49-11-1-3(15(53)25(63)24(62)14(1)52)13(51)22(60)9(11)41-10-12(50)2(4-16(54)26(64)31(69)27(65)17(4)55)18(56)35(73)42(10)80-48(79-41)82-45-7(21(59)30(68)34(72)38(45)76)8-23(61)47(40(78)39(77)46(8)82)81-43-5(19(57)28(66)32(70)36(43)74)6-20(58)29(67)33(71)37(75)44(6)81/h49-78H2. The maximum absolute atomic E-state index is 6.24. The lowest BCUT2D eigenvalue weighted by Crippen LogP contribution is -2.56. The van der Waals surface area contributed by atoms with E-state index in [9.17, 15) is 0 Å². The highest BCUT2D eigenvalue weighted by molar-refractivity contribution is 6.77. The number of nitrogens with zero attached hydrogens (tertiary/aromatic N) is 4. The van der Waals surface area contributed by atoms with Crippen LogP contribution in [-0.4, -0.2) is 254 Å². The predicted octanol–water partition coefficient (Wildman–Crippen LogP) is -39.9. The summed E-state index contributed by atoms with van der Waals surface area (Å²) in [6, 6.07) is 0. The number of fused-ring (bicyclic) bond motifs is 8. The molecule has 11 aromatic rings. The van der Waals surface area contributed by atoms with Crippen LogP contribution in [0.2, 0.25) is 0 Å². The molecule has 0 aliphatic carbocycles. The van der Waals surface area contributed by atoms with Crippen molar-refractivity contribution in [1.82, 2.24) is 19.1 Å². The summed E-state index contributed by atoms with van der Waals surface area (Å²) in [7, 11) is 70.3. The molecule has 0 bridgehead atoms. The first-order valence-electron chi connectivity index (χ1n) is 30.2. The molecule has 34 heteroatoms. The number of aromatic nitrogens is 4. The Morgan fingerprint density at radius 3 is 0.878 bits per heavy atom. The molecular formula is C48H60B30N4. The van der Waals surface area contributed by atoms with Crippen molar-refractivity contribution in [2.75, 3.05) is 0 Å². The molecule has 0 amide bonds. The van der Waals surface area contributed by atoms with Crippen LogP contribution >= 0.6 is 0 Å². The van der Waals surface area contributed by atoms with Gasteiger partial charge in [0.15, 0.2) is 0 Å². The maximum atomic E-state index is 6.24. The summed E-state index contributed by atoms with van der Waals surface area (Å²) in [5.41, 5.74) is 52.2. The zero-order valence-electron chi connectivity index (χ0n) is 55.8. The quantitative estimate of drug-likeness (QED) is 0.165. The predicted molar refractivity (Wildman–Crippen MR) is 462 cm³/mol. The van der Waals surface area contributed by atoms with Gasteiger partial charge in [-0.05, 0) is 43.6 Å². The molecule has 0 saturated heterocycles. The zero-order chi connectivity index (χ0) is 60.3. The first-order chi connectivity index (χ1) is 38.3. The fraction of sp³-hybridized carbons (Fsp3) is 0. The Labute approximate surface area is 514 Å². The molecule has 0 N–H and O–H groups in total. The van der Waals surface area contributed by atoms with E-state index in [1.807, 2.05) is 0 Å². The maximum Gasteiger partial charge on any atom is 0.235 e. The fourth-order valence-electron chi connectivity index (χ4n) is 16.1. The summed E-state index contributed by atoms with van der Waals surface area (Å²) < 4.78 is 5.25. The lowest BCUT2D eigenvalue weighted by atomic mass is 9.57. The Morgan fingerprint density at radius 1 is 0.183 bits per heavy atom. The van der Waals surface area contributed by atoms with Crippen molar-refractivity contribution in [1.29, 1.82) is 0 Å². The Morgan fingerprint density at radius 2 is 0.451 bits per heavy atom. The monoisotopic (exact) mass is 1020 g/mol. The highest BCUT2D eigenvalue weighted by atomic mass is 15.2. The van der Waals surface area contributed by atoms with Crippen LogP contribution in [0, 0.1) is 0 Å². The summed E-state index contributed by atoms with van der Waals surface area (Å²) in [6.07, 6.45) is 0. The Hall–Kier alpha value is -5.09. The van der Waals surface area contributed by atoms with E-state index in [1.165, 1.54) is 241 Å². The van der Waals surface area contributed by atoms with E-state index in [0.717, 1.165) is 22.5 Å². The molecule has 0 unspecified atom stereocenters. The van der Waals surface area contributed by atoms with Crippen molar-refractivity contribution in [3.63, 3.8) is 0 Å². The van der Waals surface area contributed by atoms with Gasteiger partial charge in [-0.2, -0.15) is 0 Å². The highest BCUT2D eigenvalue weighted by Crippen LogP contribution is 2.33. The molecular weight excluding hydrogens is 957 g/mol. The van der Waals surface area contributed by atoms with Crippen LogP contribution in [0.4, 0.5) is 0 Å². The van der Waals surface area contributed by atoms with Crippen LogP contribution in [0.15, 0.2) is 0 Å². The van der Waals surface area contributed by atoms with E-state index in [4.69, 9.17) is 9.97 Å². The minimum absolute atomic E-state index is 0.725. The van der Waals surface area contributed by atoms with Crippen molar-refractivity contribution in [2.24, 2.45) is 0 Å². The first kappa shape index (κ1) is 58.7. The molecule has 0 aliphatic rings. The molecule has 3 heterocycles. The van der Waals surface area contributed by atoms with E-state index in [-0.39, 0.29) is 0 Å². The highest BCUT2D eigenvalue weighted by Gasteiger charge is 2.32. The van der Waals surface area contributed by atoms with E-state index in [0.29, 0.717) is 0 Å². The molecule has 8 aromatic carbocycles. The molecule has 0 spiro atoms. The lowest BCUT2D eigenvalue weighted by molar-refractivity contribution is 1.02. The van der Waals surface area contributed by atoms with Crippen LogP contribution in [-0.2, 0) is 0 Å². The second-order valence-corrected chi connectivity index (χ2v) is 26.1. The average molecular weight is 1020 g/mol. The summed E-state index contributed by atoms with van der Waals surface area (Å²) in [4.78, 5) is 12.3. The molecule has 0 aliphatic heterocycles. The van der Waals surface area contributed by atoms with Crippen LogP contribution in [0.5, 0.6) is 0 Å². The third kappa shape index (κ3) is 7.42. The molecule has 0 radical (unpaired) electrons. The molecule has 362 valence electrons. The minimum atomic E-state index is 0.725. The van der Waals surface area contributed by atoms with Gasteiger partial charge in [0.05, 0.1) is 11.2 Å². The zero-order valence-corrected chi connectivity index (χ0v) is 55.8. The molecule has 0 saturated carbocycles. The van der Waals surface area contributed by atoms with Crippen LogP contribution in [0.1, 0.15) is 0 Å². The second kappa shape index (κ2) is 19.7. The van der Waals surface area contributed by atoms with E-state index in [2.05, 4.69) is 245 Å². The van der Waals surface area contributed by atoms with Crippen molar-refractivity contribution >= 4 is 465 Å². The number of rotatable bonds is 4. The molecule has 82 heavy (non-hydrogen) atoms. The van der Waals surface area contributed by atoms with Crippen molar-refractivity contribution in [2.45, 2.75) is 0 Å². The normalized spacial score (nSPS) is 11.9.